The highest BCUT2D eigenvalue weighted by atomic mass is 127. The molecule has 0 atom stereocenters. The molecule has 0 spiro atoms. The summed E-state index contributed by atoms with van der Waals surface area (Å²) in [6.07, 6.45) is 1.04. The molecule has 6 nitrogen and oxygen atoms in total. The fraction of sp³-hybridized carbons (Fsp3) is 0.556. The van der Waals surface area contributed by atoms with E-state index in [9.17, 15) is 0 Å². The van der Waals surface area contributed by atoms with Crippen LogP contribution in [0.2, 0.25) is 0 Å². The van der Waals surface area contributed by atoms with Crippen LogP contribution >= 0.6 is 24.0 Å². The zero-order valence-electron chi connectivity index (χ0n) is 15.4. The second-order valence-electron chi connectivity index (χ2n) is 5.58. The molecule has 0 radical (unpaired) electrons. The molecule has 1 aromatic carbocycles. The highest BCUT2D eigenvalue weighted by molar-refractivity contribution is 14.0. The molecule has 2 N–H and O–H groups in total. The fourth-order valence-electron chi connectivity index (χ4n) is 2.15. The van der Waals surface area contributed by atoms with Crippen LogP contribution < -0.4 is 10.6 Å². The van der Waals surface area contributed by atoms with Crippen molar-refractivity contribution in [2.45, 2.75) is 19.9 Å². The summed E-state index contributed by atoms with van der Waals surface area (Å²) in [7, 11) is 3.84. The Kier molecular flexibility index (Phi) is 14.1. The monoisotopic (exact) mass is 459 g/mol. The molecule has 1 aromatic rings. The van der Waals surface area contributed by atoms with Gasteiger partial charge in [0.05, 0.1) is 18.2 Å². The molecule has 0 unspecified atom stereocenters. The minimum Gasteiger partial charge on any atom is -0.385 e. The van der Waals surface area contributed by atoms with Gasteiger partial charge in [0.1, 0.15) is 0 Å². The molecule has 0 aliphatic rings. The Morgan fingerprint density at radius 3 is 2.56 bits per heavy atom. The number of nitriles is 1. The third-order valence-electron chi connectivity index (χ3n) is 3.52. The molecule has 0 amide bonds. The number of likely N-dealkylation sites (N-methyl/N-ethyl adjacent to an activating group) is 1. The maximum atomic E-state index is 8.82. The van der Waals surface area contributed by atoms with E-state index in [1.54, 1.807) is 7.11 Å². The lowest BCUT2D eigenvalue weighted by atomic mass is 10.1. The lowest BCUT2D eigenvalue weighted by Crippen LogP contribution is -2.41. The van der Waals surface area contributed by atoms with Crippen LogP contribution in [-0.2, 0) is 11.3 Å². The molecule has 0 aliphatic heterocycles. The summed E-state index contributed by atoms with van der Waals surface area (Å²) in [5, 5.41) is 15.4. The van der Waals surface area contributed by atoms with Crippen LogP contribution in [0.4, 0.5) is 0 Å². The highest BCUT2D eigenvalue weighted by Gasteiger charge is 2.01. The molecule has 0 heterocycles. The standard InChI is InChI=1S/C18H29N5O.HI/c1-4-20-18(21-10-12-23(2)11-5-13-24-3)22-15-17-8-6-16(14-19)7-9-17;/h6-9H,4-5,10-13,15H2,1-3H3,(H2,20,21,22);1H. The minimum absolute atomic E-state index is 0. The number of halogens is 1. The second-order valence-corrected chi connectivity index (χ2v) is 5.58. The summed E-state index contributed by atoms with van der Waals surface area (Å²) in [6.45, 7) is 7.07. The summed E-state index contributed by atoms with van der Waals surface area (Å²) >= 11 is 0. The van der Waals surface area contributed by atoms with Crippen molar-refractivity contribution < 1.29 is 4.74 Å². The van der Waals surface area contributed by atoms with Crippen molar-refractivity contribution in [3.05, 3.63) is 35.4 Å². The van der Waals surface area contributed by atoms with Gasteiger partial charge in [-0.2, -0.15) is 5.26 Å². The van der Waals surface area contributed by atoms with Crippen LogP contribution in [0.5, 0.6) is 0 Å². The van der Waals surface area contributed by atoms with Gasteiger partial charge in [0, 0.05) is 39.9 Å². The van der Waals surface area contributed by atoms with Crippen LogP contribution in [0.15, 0.2) is 29.3 Å². The SMILES string of the molecule is CCNC(=NCc1ccc(C#N)cc1)NCCN(C)CCCOC.I. The van der Waals surface area contributed by atoms with Crippen molar-refractivity contribution >= 4 is 29.9 Å². The number of benzene rings is 1. The Balaban J connectivity index is 0.00000576. The number of nitrogens with one attached hydrogen (secondary N) is 2. The predicted molar refractivity (Wildman–Crippen MR) is 113 cm³/mol. The van der Waals surface area contributed by atoms with Gasteiger partial charge in [-0.3, -0.25) is 0 Å². The van der Waals surface area contributed by atoms with E-state index >= 15 is 0 Å². The van der Waals surface area contributed by atoms with Gasteiger partial charge in [-0.25, -0.2) is 4.99 Å². The normalized spacial score (nSPS) is 10.9. The summed E-state index contributed by atoms with van der Waals surface area (Å²) in [5.74, 6) is 0.812. The molecule has 7 heteroatoms. The van der Waals surface area contributed by atoms with Gasteiger partial charge < -0.3 is 20.3 Å². The predicted octanol–water partition coefficient (Wildman–Crippen LogP) is 2.20. The van der Waals surface area contributed by atoms with E-state index in [-0.39, 0.29) is 24.0 Å². The van der Waals surface area contributed by atoms with Crippen LogP contribution in [0.3, 0.4) is 0 Å². The number of hydrogen-bond acceptors (Lipinski definition) is 4. The smallest absolute Gasteiger partial charge is 0.191 e. The van der Waals surface area contributed by atoms with Gasteiger partial charge in [0.2, 0.25) is 0 Å². The van der Waals surface area contributed by atoms with Crippen LogP contribution in [0.25, 0.3) is 0 Å². The molecule has 0 saturated heterocycles. The zero-order chi connectivity index (χ0) is 17.6. The summed E-state index contributed by atoms with van der Waals surface area (Å²) in [4.78, 5) is 6.86. The number of rotatable bonds is 10. The number of aliphatic imine (C=N–C) groups is 1. The Labute approximate surface area is 168 Å². The van der Waals surface area contributed by atoms with Crippen molar-refractivity contribution in [1.82, 2.24) is 15.5 Å². The largest absolute Gasteiger partial charge is 0.385 e. The van der Waals surface area contributed by atoms with E-state index in [4.69, 9.17) is 10.00 Å². The molecule has 0 saturated carbocycles. The van der Waals surface area contributed by atoms with E-state index in [1.165, 1.54) is 0 Å². The number of ether oxygens (including phenoxy) is 1. The topological polar surface area (TPSA) is 72.7 Å². The molecule has 0 fully saturated rings. The van der Waals surface area contributed by atoms with Gasteiger partial charge in [0.25, 0.3) is 0 Å². The summed E-state index contributed by atoms with van der Waals surface area (Å²) in [6, 6.07) is 9.64. The first kappa shape index (κ1) is 23.6. The quantitative estimate of drug-likeness (QED) is 0.243. The number of hydrogen-bond donors (Lipinski definition) is 2. The van der Waals surface area contributed by atoms with Gasteiger partial charge in [0.15, 0.2) is 5.96 Å². The summed E-state index contributed by atoms with van der Waals surface area (Å²) < 4.78 is 5.07. The molecular formula is C18H30IN5O. The lowest BCUT2D eigenvalue weighted by Gasteiger charge is -2.18. The minimum atomic E-state index is 0. The van der Waals surface area contributed by atoms with Gasteiger partial charge in [-0.1, -0.05) is 12.1 Å². The first-order valence-corrected chi connectivity index (χ1v) is 8.38. The fourth-order valence-corrected chi connectivity index (χ4v) is 2.15. The van der Waals surface area contributed by atoms with Gasteiger partial charge in [-0.05, 0) is 38.1 Å². The van der Waals surface area contributed by atoms with E-state index < -0.39 is 0 Å². The maximum absolute atomic E-state index is 8.82. The lowest BCUT2D eigenvalue weighted by molar-refractivity contribution is 0.180. The van der Waals surface area contributed by atoms with Crippen molar-refractivity contribution in [3.63, 3.8) is 0 Å². The van der Waals surface area contributed by atoms with Crippen molar-refractivity contribution in [2.75, 3.05) is 46.9 Å². The average Bonchev–Trinajstić information content (AvgIpc) is 2.60. The second kappa shape index (κ2) is 14.9. The number of nitrogens with zero attached hydrogens (tertiary/aromatic N) is 3. The maximum Gasteiger partial charge on any atom is 0.191 e. The zero-order valence-corrected chi connectivity index (χ0v) is 17.7. The van der Waals surface area contributed by atoms with Gasteiger partial charge in [-0.15, -0.1) is 24.0 Å². The van der Waals surface area contributed by atoms with Crippen molar-refractivity contribution in [2.24, 2.45) is 4.99 Å². The first-order valence-electron chi connectivity index (χ1n) is 8.38. The Hall–Kier alpha value is -1.37. The molecule has 25 heavy (non-hydrogen) atoms. The Bertz CT molecular complexity index is 527. The third kappa shape index (κ3) is 11.0. The van der Waals surface area contributed by atoms with Crippen LogP contribution in [0, 0.1) is 11.3 Å². The van der Waals surface area contributed by atoms with Crippen molar-refractivity contribution in [3.8, 4) is 6.07 Å². The first-order chi connectivity index (χ1) is 11.7. The molecule has 0 aliphatic carbocycles. The van der Waals surface area contributed by atoms with Crippen LogP contribution in [0.1, 0.15) is 24.5 Å². The molecule has 140 valence electrons. The molecule has 0 aromatic heterocycles. The summed E-state index contributed by atoms with van der Waals surface area (Å²) in [5.41, 5.74) is 1.76. The molecular weight excluding hydrogens is 429 g/mol. The number of guanidine groups is 1. The van der Waals surface area contributed by atoms with E-state index in [0.717, 1.165) is 50.7 Å². The molecule has 1 rings (SSSR count). The molecule has 0 bridgehead atoms. The Morgan fingerprint density at radius 1 is 1.24 bits per heavy atom. The Morgan fingerprint density at radius 2 is 1.96 bits per heavy atom. The van der Waals surface area contributed by atoms with Crippen LogP contribution in [-0.4, -0.2) is 57.8 Å². The van der Waals surface area contributed by atoms with E-state index in [1.807, 2.05) is 24.3 Å². The van der Waals surface area contributed by atoms with E-state index in [0.29, 0.717) is 12.1 Å². The average molecular weight is 459 g/mol. The highest BCUT2D eigenvalue weighted by Crippen LogP contribution is 2.04. The third-order valence-corrected chi connectivity index (χ3v) is 3.52. The van der Waals surface area contributed by atoms with E-state index in [2.05, 4.69) is 40.6 Å². The number of methoxy groups -OCH3 is 1. The van der Waals surface area contributed by atoms with Crippen molar-refractivity contribution in [1.29, 1.82) is 5.26 Å². The van der Waals surface area contributed by atoms with Gasteiger partial charge >= 0.3 is 0 Å².